The van der Waals surface area contributed by atoms with Crippen molar-refractivity contribution < 1.29 is 14.3 Å². The second-order valence-corrected chi connectivity index (χ2v) is 8.09. The number of piperidine rings is 1. The van der Waals surface area contributed by atoms with Gasteiger partial charge >= 0.3 is 6.09 Å². The van der Waals surface area contributed by atoms with Crippen LogP contribution in [0.25, 0.3) is 0 Å². The first-order valence-corrected chi connectivity index (χ1v) is 10.2. The highest BCUT2D eigenvalue weighted by Gasteiger charge is 2.30. The van der Waals surface area contributed by atoms with Crippen molar-refractivity contribution in [3.05, 3.63) is 6.07 Å². The van der Waals surface area contributed by atoms with Crippen molar-refractivity contribution in [1.82, 2.24) is 14.9 Å². The zero-order valence-corrected chi connectivity index (χ0v) is 17.4. The van der Waals surface area contributed by atoms with E-state index in [0.29, 0.717) is 24.2 Å². The Balaban J connectivity index is 2.12. The van der Waals surface area contributed by atoms with E-state index in [0.717, 1.165) is 25.2 Å². The number of thioether (sulfide) groups is 1. The van der Waals surface area contributed by atoms with E-state index in [1.807, 2.05) is 40.0 Å². The van der Waals surface area contributed by atoms with Gasteiger partial charge in [0.15, 0.2) is 5.16 Å². The molecule has 1 amide bonds. The Labute approximate surface area is 160 Å². The van der Waals surface area contributed by atoms with Crippen LogP contribution in [0.15, 0.2) is 11.2 Å². The molecule has 2 rings (SSSR count). The Bertz CT molecular complexity index is 621. The lowest BCUT2D eigenvalue weighted by Gasteiger charge is -2.38. The molecule has 0 saturated carbocycles. The second-order valence-electron chi connectivity index (χ2n) is 7.32. The largest absolute Gasteiger partial charge is 0.478 e. The van der Waals surface area contributed by atoms with Crippen LogP contribution in [-0.4, -0.2) is 65.6 Å². The zero-order valence-electron chi connectivity index (χ0n) is 16.6. The van der Waals surface area contributed by atoms with Crippen LogP contribution in [0.1, 0.15) is 40.5 Å². The molecule has 0 bridgehead atoms. The zero-order chi connectivity index (χ0) is 19.3. The molecule has 0 aromatic carbocycles. The first-order valence-electron chi connectivity index (χ1n) is 9.00. The summed E-state index contributed by atoms with van der Waals surface area (Å²) in [5, 5.41) is 0.688. The highest BCUT2D eigenvalue weighted by Crippen LogP contribution is 2.26. The SMILES string of the molecule is CCOc1cc(N2CCC[C@@H](N(C)C(=O)OC(C)(C)C)C2)nc(SC)n1. The summed E-state index contributed by atoms with van der Waals surface area (Å²) in [5.41, 5.74) is -0.494. The van der Waals surface area contributed by atoms with E-state index < -0.39 is 5.60 Å². The minimum Gasteiger partial charge on any atom is -0.478 e. The normalized spacial score (nSPS) is 17.8. The number of ether oxygens (including phenoxy) is 2. The van der Waals surface area contributed by atoms with E-state index in [1.165, 1.54) is 11.8 Å². The standard InChI is InChI=1S/C18H30N4O3S/c1-7-24-15-11-14(19-16(20-15)26-6)22-10-8-9-13(12-22)21(5)17(23)25-18(2,3)4/h11,13H,7-10,12H2,1-6H3/t13-/m1/s1. The summed E-state index contributed by atoms with van der Waals surface area (Å²) in [7, 11) is 1.81. The third-order valence-electron chi connectivity index (χ3n) is 4.09. The van der Waals surface area contributed by atoms with E-state index in [-0.39, 0.29) is 12.1 Å². The van der Waals surface area contributed by atoms with E-state index in [9.17, 15) is 4.79 Å². The summed E-state index contributed by atoms with van der Waals surface area (Å²) in [6, 6.07) is 1.96. The Morgan fingerprint density at radius 3 is 2.77 bits per heavy atom. The lowest BCUT2D eigenvalue weighted by molar-refractivity contribution is 0.0209. The van der Waals surface area contributed by atoms with Crippen LogP contribution in [0.3, 0.4) is 0 Å². The van der Waals surface area contributed by atoms with Crippen molar-refractivity contribution in [3.63, 3.8) is 0 Å². The summed E-state index contributed by atoms with van der Waals surface area (Å²) in [6.45, 7) is 9.76. The summed E-state index contributed by atoms with van der Waals surface area (Å²) in [4.78, 5) is 25.3. The maximum Gasteiger partial charge on any atom is 0.410 e. The van der Waals surface area contributed by atoms with E-state index in [2.05, 4.69) is 14.9 Å². The quantitative estimate of drug-likeness (QED) is 0.571. The van der Waals surface area contributed by atoms with Gasteiger partial charge in [-0.3, -0.25) is 0 Å². The molecule has 0 aliphatic carbocycles. The number of likely N-dealkylation sites (N-methyl/N-ethyl adjacent to an activating group) is 1. The predicted octanol–water partition coefficient (Wildman–Crippen LogP) is 3.43. The van der Waals surface area contributed by atoms with Crippen LogP contribution >= 0.6 is 11.8 Å². The number of nitrogens with zero attached hydrogens (tertiary/aromatic N) is 4. The molecule has 1 saturated heterocycles. The molecular weight excluding hydrogens is 352 g/mol. The summed E-state index contributed by atoms with van der Waals surface area (Å²) >= 11 is 1.49. The molecule has 1 fully saturated rings. The highest BCUT2D eigenvalue weighted by atomic mass is 32.2. The molecule has 0 spiro atoms. The lowest BCUT2D eigenvalue weighted by atomic mass is 10.0. The fourth-order valence-electron chi connectivity index (χ4n) is 2.83. The number of carbonyl (C=O) groups is 1. The number of amides is 1. The Hall–Kier alpha value is -1.70. The van der Waals surface area contributed by atoms with Crippen LogP contribution in [0.5, 0.6) is 5.88 Å². The Kier molecular flexibility index (Phi) is 6.97. The number of anilines is 1. The Morgan fingerprint density at radius 2 is 2.15 bits per heavy atom. The average Bonchev–Trinajstić information content (AvgIpc) is 2.59. The molecule has 0 radical (unpaired) electrons. The van der Waals surface area contributed by atoms with Gasteiger partial charge in [-0.05, 0) is 46.8 Å². The number of aromatic nitrogens is 2. The number of hydrogen-bond donors (Lipinski definition) is 0. The molecule has 146 valence electrons. The Morgan fingerprint density at radius 1 is 1.42 bits per heavy atom. The van der Waals surface area contributed by atoms with Crippen LogP contribution in [0.2, 0.25) is 0 Å². The molecule has 1 aromatic heterocycles. The minimum atomic E-state index is -0.494. The predicted molar refractivity (Wildman–Crippen MR) is 104 cm³/mol. The van der Waals surface area contributed by atoms with Crippen LogP contribution < -0.4 is 9.64 Å². The number of rotatable bonds is 5. The van der Waals surface area contributed by atoms with Crippen molar-refractivity contribution in [2.45, 2.75) is 57.3 Å². The molecular formula is C18H30N4O3S. The fourth-order valence-corrected chi connectivity index (χ4v) is 3.20. The molecule has 1 aliphatic rings. The smallest absolute Gasteiger partial charge is 0.410 e. The third-order valence-corrected chi connectivity index (χ3v) is 4.64. The molecule has 0 N–H and O–H groups in total. The van der Waals surface area contributed by atoms with E-state index >= 15 is 0 Å². The monoisotopic (exact) mass is 382 g/mol. The fraction of sp³-hybridized carbons (Fsp3) is 0.722. The maximum atomic E-state index is 12.4. The summed E-state index contributed by atoms with van der Waals surface area (Å²) < 4.78 is 11.1. The van der Waals surface area contributed by atoms with Gasteiger partial charge in [-0.2, -0.15) is 4.98 Å². The average molecular weight is 383 g/mol. The van der Waals surface area contributed by atoms with Gasteiger partial charge in [0.1, 0.15) is 11.4 Å². The lowest BCUT2D eigenvalue weighted by Crippen LogP contribution is -2.50. The molecule has 1 aliphatic heterocycles. The molecule has 1 atom stereocenters. The van der Waals surface area contributed by atoms with Gasteiger partial charge in [0, 0.05) is 26.2 Å². The van der Waals surface area contributed by atoms with Gasteiger partial charge in [-0.1, -0.05) is 11.8 Å². The van der Waals surface area contributed by atoms with Crippen molar-refractivity contribution in [2.24, 2.45) is 0 Å². The van der Waals surface area contributed by atoms with Gasteiger partial charge in [0.05, 0.1) is 12.6 Å². The molecule has 26 heavy (non-hydrogen) atoms. The van der Waals surface area contributed by atoms with Crippen molar-refractivity contribution in [1.29, 1.82) is 0 Å². The van der Waals surface area contributed by atoms with Gasteiger partial charge < -0.3 is 19.3 Å². The van der Waals surface area contributed by atoms with Gasteiger partial charge in [-0.25, -0.2) is 9.78 Å². The first-order chi connectivity index (χ1) is 12.2. The molecule has 7 nitrogen and oxygen atoms in total. The van der Waals surface area contributed by atoms with Crippen LogP contribution in [-0.2, 0) is 4.74 Å². The minimum absolute atomic E-state index is 0.0850. The molecule has 2 heterocycles. The van der Waals surface area contributed by atoms with Gasteiger partial charge in [0.25, 0.3) is 0 Å². The topological polar surface area (TPSA) is 67.8 Å². The number of carbonyl (C=O) groups excluding carboxylic acids is 1. The van der Waals surface area contributed by atoms with Crippen LogP contribution in [0.4, 0.5) is 10.6 Å². The van der Waals surface area contributed by atoms with Crippen molar-refractivity contribution in [2.75, 3.05) is 37.9 Å². The van der Waals surface area contributed by atoms with Crippen molar-refractivity contribution >= 4 is 23.7 Å². The molecule has 0 unspecified atom stereocenters. The highest BCUT2D eigenvalue weighted by molar-refractivity contribution is 7.98. The summed E-state index contributed by atoms with van der Waals surface area (Å²) in [6.07, 6.45) is 3.60. The first kappa shape index (κ1) is 20.6. The molecule has 1 aromatic rings. The number of hydrogen-bond acceptors (Lipinski definition) is 7. The summed E-state index contributed by atoms with van der Waals surface area (Å²) in [5.74, 6) is 1.43. The maximum absolute atomic E-state index is 12.4. The van der Waals surface area contributed by atoms with Crippen molar-refractivity contribution in [3.8, 4) is 5.88 Å². The second kappa shape index (κ2) is 8.79. The van der Waals surface area contributed by atoms with E-state index in [4.69, 9.17) is 9.47 Å². The van der Waals surface area contributed by atoms with E-state index in [1.54, 1.807) is 11.9 Å². The van der Waals surface area contributed by atoms with Crippen LogP contribution in [0, 0.1) is 0 Å². The van der Waals surface area contributed by atoms with Gasteiger partial charge in [-0.15, -0.1) is 0 Å². The molecule has 8 heteroatoms. The third kappa shape index (κ3) is 5.65. The van der Waals surface area contributed by atoms with Gasteiger partial charge in [0.2, 0.25) is 5.88 Å².